The van der Waals surface area contributed by atoms with Gasteiger partial charge >= 0.3 is 5.97 Å². The molecule has 1 saturated heterocycles. The lowest BCUT2D eigenvalue weighted by Gasteiger charge is -2.35. The van der Waals surface area contributed by atoms with Gasteiger partial charge in [-0.3, -0.25) is 14.3 Å². The van der Waals surface area contributed by atoms with Crippen molar-refractivity contribution in [3.8, 4) is 0 Å². The standard InChI is InChI=1S/C12H18N4O3/c17-11(4-6-15-9-13-8-14-15)16-5-2-1-3-10(16)7-12(18)19/h8-10H,1-7H2,(H,18,19). The first-order valence-corrected chi connectivity index (χ1v) is 6.50. The molecule has 1 unspecified atom stereocenters. The van der Waals surface area contributed by atoms with Crippen LogP contribution in [0, 0.1) is 0 Å². The molecular formula is C12H18N4O3. The summed E-state index contributed by atoms with van der Waals surface area (Å²) >= 11 is 0. The van der Waals surface area contributed by atoms with E-state index in [1.165, 1.54) is 6.33 Å². The zero-order chi connectivity index (χ0) is 13.7. The van der Waals surface area contributed by atoms with Gasteiger partial charge in [-0.1, -0.05) is 0 Å². The molecule has 1 aliphatic heterocycles. The molecule has 2 heterocycles. The number of carbonyl (C=O) groups is 2. The zero-order valence-electron chi connectivity index (χ0n) is 10.7. The molecule has 1 atom stereocenters. The fourth-order valence-corrected chi connectivity index (χ4v) is 2.44. The van der Waals surface area contributed by atoms with Crippen LogP contribution in [0.25, 0.3) is 0 Å². The monoisotopic (exact) mass is 266 g/mol. The topological polar surface area (TPSA) is 88.3 Å². The van der Waals surface area contributed by atoms with E-state index in [2.05, 4.69) is 10.1 Å². The van der Waals surface area contributed by atoms with E-state index < -0.39 is 5.97 Å². The molecule has 7 heteroatoms. The Labute approximate surface area is 111 Å². The van der Waals surface area contributed by atoms with Crippen molar-refractivity contribution in [2.75, 3.05) is 6.54 Å². The molecule has 2 rings (SSSR count). The van der Waals surface area contributed by atoms with Gasteiger partial charge in [0.25, 0.3) is 0 Å². The summed E-state index contributed by atoms with van der Waals surface area (Å²) in [5.41, 5.74) is 0. The molecule has 0 aromatic carbocycles. The predicted molar refractivity (Wildman–Crippen MR) is 66.2 cm³/mol. The Hall–Kier alpha value is -1.92. The van der Waals surface area contributed by atoms with Gasteiger partial charge in [-0.05, 0) is 19.3 Å². The summed E-state index contributed by atoms with van der Waals surface area (Å²) in [5.74, 6) is -0.845. The summed E-state index contributed by atoms with van der Waals surface area (Å²) in [5, 5.41) is 12.8. The second-order valence-corrected chi connectivity index (χ2v) is 4.74. The number of aryl methyl sites for hydroxylation is 1. The average molecular weight is 266 g/mol. The summed E-state index contributed by atoms with van der Waals surface area (Å²) in [6.07, 6.45) is 6.09. The van der Waals surface area contributed by atoms with Crippen LogP contribution in [0.4, 0.5) is 0 Å². The Balaban J connectivity index is 1.89. The van der Waals surface area contributed by atoms with Gasteiger partial charge in [-0.15, -0.1) is 0 Å². The maximum atomic E-state index is 12.2. The summed E-state index contributed by atoms with van der Waals surface area (Å²) in [7, 11) is 0. The number of piperidine rings is 1. The zero-order valence-corrected chi connectivity index (χ0v) is 10.7. The number of likely N-dealkylation sites (tertiary alicyclic amines) is 1. The van der Waals surface area contributed by atoms with Gasteiger partial charge < -0.3 is 10.0 Å². The van der Waals surface area contributed by atoms with Gasteiger partial charge in [0, 0.05) is 19.0 Å². The van der Waals surface area contributed by atoms with Gasteiger partial charge in [0.15, 0.2) is 0 Å². The summed E-state index contributed by atoms with van der Waals surface area (Å²) in [6.45, 7) is 1.14. The molecule has 7 nitrogen and oxygen atoms in total. The number of hydrogen-bond acceptors (Lipinski definition) is 4. The highest BCUT2D eigenvalue weighted by atomic mass is 16.4. The molecule has 1 aliphatic rings. The number of carbonyl (C=O) groups excluding carboxylic acids is 1. The van der Waals surface area contributed by atoms with E-state index >= 15 is 0 Å². The molecule has 0 saturated carbocycles. The van der Waals surface area contributed by atoms with Crippen molar-refractivity contribution in [2.45, 2.75) is 44.7 Å². The lowest BCUT2D eigenvalue weighted by Crippen LogP contribution is -2.45. The van der Waals surface area contributed by atoms with Crippen LogP contribution in [-0.2, 0) is 16.1 Å². The molecule has 1 N–H and O–H groups in total. The number of aliphatic carboxylic acids is 1. The van der Waals surface area contributed by atoms with E-state index in [0.29, 0.717) is 19.5 Å². The Morgan fingerprint density at radius 3 is 2.89 bits per heavy atom. The van der Waals surface area contributed by atoms with Crippen LogP contribution < -0.4 is 0 Å². The number of rotatable bonds is 5. The van der Waals surface area contributed by atoms with Crippen LogP contribution >= 0.6 is 0 Å². The van der Waals surface area contributed by atoms with Gasteiger partial charge in [0.2, 0.25) is 5.91 Å². The normalized spacial score (nSPS) is 19.4. The minimum Gasteiger partial charge on any atom is -0.481 e. The van der Waals surface area contributed by atoms with Crippen LogP contribution in [0.3, 0.4) is 0 Å². The van der Waals surface area contributed by atoms with Gasteiger partial charge in [0.1, 0.15) is 12.7 Å². The van der Waals surface area contributed by atoms with E-state index in [9.17, 15) is 9.59 Å². The third kappa shape index (κ3) is 3.77. The summed E-state index contributed by atoms with van der Waals surface area (Å²) in [4.78, 5) is 28.5. The SMILES string of the molecule is O=C(O)CC1CCCCN1C(=O)CCn1cncn1. The molecule has 1 aromatic rings. The van der Waals surface area contributed by atoms with Crippen molar-refractivity contribution in [3.05, 3.63) is 12.7 Å². The first-order chi connectivity index (χ1) is 9.16. The fourth-order valence-electron chi connectivity index (χ4n) is 2.44. The molecule has 104 valence electrons. The molecule has 1 amide bonds. The third-order valence-electron chi connectivity index (χ3n) is 3.38. The maximum absolute atomic E-state index is 12.2. The van der Waals surface area contributed by atoms with Crippen molar-refractivity contribution in [2.24, 2.45) is 0 Å². The van der Waals surface area contributed by atoms with Crippen LogP contribution in [-0.4, -0.2) is 49.2 Å². The molecule has 1 aromatic heterocycles. The highest BCUT2D eigenvalue weighted by molar-refractivity contribution is 5.77. The number of carboxylic acids is 1. The van der Waals surface area contributed by atoms with Gasteiger partial charge in [-0.25, -0.2) is 4.98 Å². The molecule has 19 heavy (non-hydrogen) atoms. The minimum absolute atomic E-state index is 0.00134. The van der Waals surface area contributed by atoms with E-state index in [1.54, 1.807) is 15.9 Å². The molecule has 0 spiro atoms. The van der Waals surface area contributed by atoms with Crippen LogP contribution in [0.1, 0.15) is 32.1 Å². The van der Waals surface area contributed by atoms with Crippen molar-refractivity contribution in [1.82, 2.24) is 19.7 Å². The Morgan fingerprint density at radius 1 is 1.37 bits per heavy atom. The lowest BCUT2D eigenvalue weighted by molar-refractivity contribution is -0.142. The third-order valence-corrected chi connectivity index (χ3v) is 3.38. The van der Waals surface area contributed by atoms with Crippen LogP contribution in [0.15, 0.2) is 12.7 Å². The van der Waals surface area contributed by atoms with Crippen molar-refractivity contribution in [1.29, 1.82) is 0 Å². The highest BCUT2D eigenvalue weighted by Crippen LogP contribution is 2.20. The Morgan fingerprint density at radius 2 is 2.21 bits per heavy atom. The van der Waals surface area contributed by atoms with Crippen LogP contribution in [0.5, 0.6) is 0 Å². The van der Waals surface area contributed by atoms with Crippen LogP contribution in [0.2, 0.25) is 0 Å². The van der Waals surface area contributed by atoms with E-state index in [1.807, 2.05) is 0 Å². The minimum atomic E-state index is -0.846. The number of aromatic nitrogens is 3. The fraction of sp³-hybridized carbons (Fsp3) is 0.667. The largest absolute Gasteiger partial charge is 0.481 e. The number of hydrogen-bond donors (Lipinski definition) is 1. The molecule has 0 aliphatic carbocycles. The summed E-state index contributed by atoms with van der Waals surface area (Å²) in [6, 6.07) is -0.158. The second-order valence-electron chi connectivity index (χ2n) is 4.74. The van der Waals surface area contributed by atoms with E-state index in [0.717, 1.165) is 19.3 Å². The van der Waals surface area contributed by atoms with Gasteiger partial charge in [-0.2, -0.15) is 5.10 Å². The number of amides is 1. The summed E-state index contributed by atoms with van der Waals surface area (Å²) < 4.78 is 1.61. The molecule has 0 radical (unpaired) electrons. The van der Waals surface area contributed by atoms with E-state index in [-0.39, 0.29) is 18.4 Å². The first kappa shape index (κ1) is 13.5. The van der Waals surface area contributed by atoms with Crippen molar-refractivity contribution < 1.29 is 14.7 Å². The predicted octanol–water partition coefficient (Wildman–Crippen LogP) is 0.524. The number of nitrogens with zero attached hydrogens (tertiary/aromatic N) is 4. The Bertz CT molecular complexity index is 432. The first-order valence-electron chi connectivity index (χ1n) is 6.50. The quantitative estimate of drug-likeness (QED) is 0.839. The van der Waals surface area contributed by atoms with Crippen molar-refractivity contribution >= 4 is 11.9 Å². The maximum Gasteiger partial charge on any atom is 0.305 e. The average Bonchev–Trinajstić information content (AvgIpc) is 2.89. The van der Waals surface area contributed by atoms with E-state index in [4.69, 9.17) is 5.11 Å². The Kier molecular flexibility index (Phi) is 4.48. The molecule has 0 bridgehead atoms. The van der Waals surface area contributed by atoms with Gasteiger partial charge in [0.05, 0.1) is 13.0 Å². The second kappa shape index (κ2) is 6.31. The lowest BCUT2D eigenvalue weighted by atomic mass is 9.99. The molecule has 1 fully saturated rings. The smallest absolute Gasteiger partial charge is 0.305 e. The number of carboxylic acid groups (broad SMARTS) is 1. The van der Waals surface area contributed by atoms with Crippen molar-refractivity contribution in [3.63, 3.8) is 0 Å². The molecular weight excluding hydrogens is 248 g/mol. The highest BCUT2D eigenvalue weighted by Gasteiger charge is 2.27.